The van der Waals surface area contributed by atoms with E-state index >= 15 is 0 Å². The first-order valence-electron chi connectivity index (χ1n) is 4.80. The van der Waals surface area contributed by atoms with E-state index in [1.54, 1.807) is 0 Å². The van der Waals surface area contributed by atoms with Crippen LogP contribution in [0.2, 0.25) is 0 Å². The highest BCUT2D eigenvalue weighted by atomic mass is 14.9. The van der Waals surface area contributed by atoms with E-state index in [1.807, 2.05) is 13.8 Å². The van der Waals surface area contributed by atoms with Crippen molar-refractivity contribution in [3.05, 3.63) is 36.0 Å². The van der Waals surface area contributed by atoms with Gasteiger partial charge in [0.2, 0.25) is 0 Å². The third kappa shape index (κ3) is 1.74. The van der Waals surface area contributed by atoms with Crippen molar-refractivity contribution >= 4 is 10.9 Å². The molecular weight excluding hydrogens is 158 g/mol. The van der Waals surface area contributed by atoms with Crippen LogP contribution < -0.4 is 0 Å². The number of nitrogens with zero attached hydrogens (tertiary/aromatic N) is 1. The summed E-state index contributed by atoms with van der Waals surface area (Å²) in [6.45, 7) is 6.14. The molecule has 0 N–H and O–H groups in total. The van der Waals surface area contributed by atoms with Gasteiger partial charge in [-0.1, -0.05) is 32.0 Å². The van der Waals surface area contributed by atoms with E-state index in [9.17, 15) is 0 Å². The average molecular weight is 175 g/mol. The van der Waals surface area contributed by atoms with Gasteiger partial charge in [0.1, 0.15) is 0 Å². The molecule has 70 valence electrons. The number of fused-ring (bicyclic) bond motifs is 1. The molecule has 0 bridgehead atoms. The monoisotopic (exact) mass is 175 g/mol. The molecule has 0 amide bonds. The van der Waals surface area contributed by atoms with Crippen LogP contribution in [0.25, 0.3) is 10.9 Å². The van der Waals surface area contributed by atoms with Crippen LogP contribution in [-0.4, -0.2) is 4.57 Å². The Balaban J connectivity index is 0.000000396. The van der Waals surface area contributed by atoms with E-state index in [1.165, 1.54) is 16.5 Å². The van der Waals surface area contributed by atoms with Crippen molar-refractivity contribution in [3.8, 4) is 0 Å². The highest BCUT2D eigenvalue weighted by Crippen LogP contribution is 2.17. The fraction of sp³-hybridized carbons (Fsp3) is 0.333. The number of para-hydroxylation sites is 1. The van der Waals surface area contributed by atoms with Crippen LogP contribution in [-0.2, 0) is 7.05 Å². The molecule has 0 saturated carbocycles. The molecule has 1 heterocycles. The molecule has 1 heteroatoms. The standard InChI is InChI=1S/C10H11N.C2H6/c1-8-4-3-5-9-6-7-11(2)10(8)9;1-2/h3-7H,1-2H3;1-2H3. The van der Waals surface area contributed by atoms with Gasteiger partial charge in [-0.3, -0.25) is 0 Å². The van der Waals surface area contributed by atoms with Crippen molar-refractivity contribution < 1.29 is 0 Å². The molecule has 0 aliphatic heterocycles. The van der Waals surface area contributed by atoms with Gasteiger partial charge in [0, 0.05) is 13.2 Å². The molecule has 2 rings (SSSR count). The maximum atomic E-state index is 2.16. The molecular formula is C12H17N. The number of aromatic nitrogens is 1. The molecule has 0 spiro atoms. The van der Waals surface area contributed by atoms with E-state index in [0.717, 1.165) is 0 Å². The molecule has 0 aliphatic carbocycles. The second kappa shape index (κ2) is 4.13. The van der Waals surface area contributed by atoms with Crippen molar-refractivity contribution in [2.75, 3.05) is 0 Å². The number of benzene rings is 1. The largest absolute Gasteiger partial charge is 0.350 e. The smallest absolute Gasteiger partial charge is 0.0507 e. The Kier molecular flexibility index (Phi) is 3.13. The summed E-state index contributed by atoms with van der Waals surface area (Å²) >= 11 is 0. The second-order valence-electron chi connectivity index (χ2n) is 2.94. The summed E-state index contributed by atoms with van der Waals surface area (Å²) in [5.41, 5.74) is 2.68. The van der Waals surface area contributed by atoms with E-state index in [4.69, 9.17) is 0 Å². The first-order valence-corrected chi connectivity index (χ1v) is 4.80. The van der Waals surface area contributed by atoms with Gasteiger partial charge in [0.25, 0.3) is 0 Å². The lowest BCUT2D eigenvalue weighted by Crippen LogP contribution is -1.86. The van der Waals surface area contributed by atoms with Crippen LogP contribution in [0.1, 0.15) is 19.4 Å². The fourth-order valence-electron chi connectivity index (χ4n) is 1.56. The maximum Gasteiger partial charge on any atom is 0.0507 e. The van der Waals surface area contributed by atoms with Crippen molar-refractivity contribution in [2.24, 2.45) is 7.05 Å². The lowest BCUT2D eigenvalue weighted by atomic mass is 10.2. The summed E-state index contributed by atoms with van der Waals surface area (Å²) in [6, 6.07) is 8.52. The molecule has 2 aromatic rings. The van der Waals surface area contributed by atoms with Crippen molar-refractivity contribution in [3.63, 3.8) is 0 Å². The van der Waals surface area contributed by atoms with Crippen LogP contribution in [0.4, 0.5) is 0 Å². The summed E-state index contributed by atoms with van der Waals surface area (Å²) in [6.07, 6.45) is 2.09. The Labute approximate surface area is 80.0 Å². The van der Waals surface area contributed by atoms with Crippen molar-refractivity contribution in [1.82, 2.24) is 4.57 Å². The summed E-state index contributed by atoms with van der Waals surface area (Å²) in [5.74, 6) is 0. The van der Waals surface area contributed by atoms with Crippen LogP contribution in [0.3, 0.4) is 0 Å². The molecule has 1 nitrogen and oxygen atoms in total. The van der Waals surface area contributed by atoms with Gasteiger partial charge in [-0.05, 0) is 23.9 Å². The van der Waals surface area contributed by atoms with Crippen molar-refractivity contribution in [1.29, 1.82) is 0 Å². The summed E-state index contributed by atoms with van der Waals surface area (Å²) in [4.78, 5) is 0. The van der Waals surface area contributed by atoms with E-state index in [2.05, 4.69) is 49.0 Å². The van der Waals surface area contributed by atoms with Gasteiger partial charge >= 0.3 is 0 Å². The van der Waals surface area contributed by atoms with Gasteiger partial charge < -0.3 is 4.57 Å². The van der Waals surface area contributed by atoms with Crippen LogP contribution in [0.15, 0.2) is 30.5 Å². The Morgan fingerprint density at radius 3 is 2.38 bits per heavy atom. The van der Waals surface area contributed by atoms with Gasteiger partial charge in [-0.15, -0.1) is 0 Å². The maximum absolute atomic E-state index is 2.16. The normalized spacial score (nSPS) is 9.54. The third-order valence-electron chi connectivity index (χ3n) is 2.10. The first-order chi connectivity index (χ1) is 6.29. The molecule has 1 aromatic carbocycles. The second-order valence-corrected chi connectivity index (χ2v) is 2.94. The van der Waals surface area contributed by atoms with Crippen LogP contribution >= 0.6 is 0 Å². The lowest BCUT2D eigenvalue weighted by Gasteiger charge is -1.98. The molecule has 0 radical (unpaired) electrons. The molecule has 0 atom stereocenters. The Hall–Kier alpha value is -1.24. The summed E-state index contributed by atoms with van der Waals surface area (Å²) in [7, 11) is 2.08. The zero-order valence-electron chi connectivity index (χ0n) is 8.83. The van der Waals surface area contributed by atoms with Crippen LogP contribution in [0.5, 0.6) is 0 Å². The molecule has 0 fully saturated rings. The summed E-state index contributed by atoms with van der Waals surface area (Å²) in [5, 5.41) is 1.33. The quantitative estimate of drug-likeness (QED) is 0.577. The van der Waals surface area contributed by atoms with E-state index in [0.29, 0.717) is 0 Å². The molecule has 13 heavy (non-hydrogen) atoms. The summed E-state index contributed by atoms with van der Waals surface area (Å²) < 4.78 is 2.16. The number of hydrogen-bond acceptors (Lipinski definition) is 0. The van der Waals surface area contributed by atoms with E-state index in [-0.39, 0.29) is 0 Å². The highest BCUT2D eigenvalue weighted by Gasteiger charge is 1.98. The molecule has 0 unspecified atom stereocenters. The van der Waals surface area contributed by atoms with Gasteiger partial charge in [0.05, 0.1) is 5.52 Å². The van der Waals surface area contributed by atoms with Crippen molar-refractivity contribution in [2.45, 2.75) is 20.8 Å². The van der Waals surface area contributed by atoms with E-state index < -0.39 is 0 Å². The lowest BCUT2D eigenvalue weighted by molar-refractivity contribution is 0.964. The average Bonchev–Trinajstić information content (AvgIpc) is 2.53. The minimum absolute atomic E-state index is 1.33. The molecule has 0 saturated heterocycles. The number of aryl methyl sites for hydroxylation is 2. The fourth-order valence-corrected chi connectivity index (χ4v) is 1.56. The SMILES string of the molecule is CC.Cc1cccc2ccn(C)c12. The number of rotatable bonds is 0. The Bertz CT molecular complexity index is 385. The number of hydrogen-bond donors (Lipinski definition) is 0. The molecule has 0 aliphatic rings. The van der Waals surface area contributed by atoms with Crippen LogP contribution in [0, 0.1) is 6.92 Å². The predicted molar refractivity (Wildman–Crippen MR) is 59.0 cm³/mol. The minimum Gasteiger partial charge on any atom is -0.350 e. The topological polar surface area (TPSA) is 4.93 Å². The molecule has 1 aromatic heterocycles. The predicted octanol–water partition coefficient (Wildman–Crippen LogP) is 3.51. The Morgan fingerprint density at radius 2 is 1.77 bits per heavy atom. The van der Waals surface area contributed by atoms with Gasteiger partial charge in [-0.2, -0.15) is 0 Å². The van der Waals surface area contributed by atoms with Gasteiger partial charge in [-0.25, -0.2) is 0 Å². The Morgan fingerprint density at radius 1 is 1.08 bits per heavy atom. The first kappa shape index (κ1) is 9.85. The third-order valence-corrected chi connectivity index (χ3v) is 2.10. The zero-order valence-corrected chi connectivity index (χ0v) is 8.83. The van der Waals surface area contributed by atoms with Gasteiger partial charge in [0.15, 0.2) is 0 Å². The highest BCUT2D eigenvalue weighted by molar-refractivity contribution is 5.82. The minimum atomic E-state index is 1.33. The zero-order chi connectivity index (χ0) is 9.84.